The average molecular weight is 334 g/mol. The Morgan fingerprint density at radius 2 is 2.00 bits per heavy atom. The molecule has 1 aromatic carbocycles. The predicted octanol–water partition coefficient (Wildman–Crippen LogP) is 1.73. The molecule has 2 N–H and O–H groups in total. The smallest absolute Gasteiger partial charge is 0.335 e. The number of carbonyl (C=O) groups is 2. The number of hydrogen-bond acceptors (Lipinski definition) is 4. The summed E-state index contributed by atoms with van der Waals surface area (Å²) < 4.78 is 24.3. The zero-order chi connectivity index (χ0) is 16.0. The summed E-state index contributed by atoms with van der Waals surface area (Å²) >= 11 is 5.79. The van der Waals surface area contributed by atoms with Gasteiger partial charge in [0, 0.05) is 6.54 Å². The molecule has 0 aromatic heterocycles. The molecule has 0 aliphatic heterocycles. The number of sulfone groups is 1. The van der Waals surface area contributed by atoms with Gasteiger partial charge in [-0.3, -0.25) is 4.79 Å². The Kier molecular flexibility index (Phi) is 6.17. The van der Waals surface area contributed by atoms with Crippen molar-refractivity contribution in [1.82, 2.24) is 5.32 Å². The summed E-state index contributed by atoms with van der Waals surface area (Å²) in [5.41, 5.74) is -0.204. The Bertz CT molecular complexity index is 642. The first-order valence-electron chi connectivity index (χ1n) is 6.30. The summed E-state index contributed by atoms with van der Waals surface area (Å²) in [6.45, 7) is 2.34. The maximum absolute atomic E-state index is 12.1. The van der Waals surface area contributed by atoms with Crippen molar-refractivity contribution in [2.24, 2.45) is 0 Å². The molecule has 1 amide bonds. The third-order valence-corrected chi connectivity index (χ3v) is 4.78. The van der Waals surface area contributed by atoms with Crippen LogP contribution in [0.15, 0.2) is 23.1 Å². The van der Waals surface area contributed by atoms with Gasteiger partial charge in [0.2, 0.25) is 5.91 Å². The molecule has 116 valence electrons. The standard InChI is InChI=1S/C13H16ClNO5S/c1-2-3-6-15-12(16)8-21(19,20)11-7-9(13(17)18)4-5-10(11)14/h4-5,7H,2-3,6,8H2,1H3,(H,15,16)(H,17,18). The number of aromatic carboxylic acids is 1. The number of unbranched alkanes of at least 4 members (excludes halogenated alkanes) is 1. The van der Waals surface area contributed by atoms with Gasteiger partial charge in [0.25, 0.3) is 0 Å². The number of benzene rings is 1. The van der Waals surface area contributed by atoms with E-state index in [0.717, 1.165) is 18.9 Å². The molecule has 0 spiro atoms. The van der Waals surface area contributed by atoms with Crippen molar-refractivity contribution in [3.05, 3.63) is 28.8 Å². The Balaban J connectivity index is 2.95. The first-order chi connectivity index (χ1) is 9.77. The highest BCUT2D eigenvalue weighted by Gasteiger charge is 2.23. The lowest BCUT2D eigenvalue weighted by Crippen LogP contribution is -2.31. The second-order valence-corrected chi connectivity index (χ2v) is 6.78. The number of hydrogen-bond donors (Lipinski definition) is 2. The fourth-order valence-corrected chi connectivity index (χ4v) is 3.33. The average Bonchev–Trinajstić information content (AvgIpc) is 2.38. The Hall–Kier alpha value is -1.60. The van der Waals surface area contributed by atoms with E-state index < -0.39 is 27.5 Å². The van der Waals surface area contributed by atoms with Gasteiger partial charge in [0.1, 0.15) is 5.75 Å². The van der Waals surface area contributed by atoms with Crippen LogP contribution in [0.25, 0.3) is 0 Å². The number of carboxylic acids is 1. The molecule has 0 radical (unpaired) electrons. The SMILES string of the molecule is CCCCNC(=O)CS(=O)(=O)c1cc(C(=O)O)ccc1Cl. The number of carbonyl (C=O) groups excluding carboxylic acids is 1. The van der Waals surface area contributed by atoms with E-state index >= 15 is 0 Å². The number of halogens is 1. The highest BCUT2D eigenvalue weighted by atomic mass is 35.5. The maximum atomic E-state index is 12.1. The van der Waals surface area contributed by atoms with Gasteiger partial charge in [0.15, 0.2) is 9.84 Å². The van der Waals surface area contributed by atoms with Crippen LogP contribution in [0, 0.1) is 0 Å². The van der Waals surface area contributed by atoms with E-state index in [1.807, 2.05) is 6.92 Å². The van der Waals surface area contributed by atoms with Crippen LogP contribution in [-0.2, 0) is 14.6 Å². The van der Waals surface area contributed by atoms with Crippen LogP contribution in [-0.4, -0.2) is 37.7 Å². The molecule has 8 heteroatoms. The van der Waals surface area contributed by atoms with Gasteiger partial charge in [-0.15, -0.1) is 0 Å². The molecule has 0 atom stereocenters. The van der Waals surface area contributed by atoms with Crippen LogP contribution in [0.5, 0.6) is 0 Å². The second kappa shape index (κ2) is 7.42. The van der Waals surface area contributed by atoms with Crippen molar-refractivity contribution >= 4 is 33.3 Å². The zero-order valence-electron chi connectivity index (χ0n) is 11.4. The van der Waals surface area contributed by atoms with Gasteiger partial charge in [-0.2, -0.15) is 0 Å². The molecule has 0 fully saturated rings. The van der Waals surface area contributed by atoms with Crippen LogP contribution in [0.3, 0.4) is 0 Å². The monoisotopic (exact) mass is 333 g/mol. The minimum atomic E-state index is -3.99. The van der Waals surface area contributed by atoms with E-state index in [4.69, 9.17) is 16.7 Å². The first-order valence-corrected chi connectivity index (χ1v) is 8.33. The van der Waals surface area contributed by atoms with E-state index in [2.05, 4.69) is 5.32 Å². The summed E-state index contributed by atoms with van der Waals surface area (Å²) in [5, 5.41) is 11.3. The van der Waals surface area contributed by atoms with E-state index in [1.165, 1.54) is 12.1 Å². The highest BCUT2D eigenvalue weighted by Crippen LogP contribution is 2.23. The Labute approximate surface area is 128 Å². The first kappa shape index (κ1) is 17.5. The number of rotatable bonds is 7. The number of carboxylic acid groups (broad SMARTS) is 1. The molecule has 21 heavy (non-hydrogen) atoms. The van der Waals surface area contributed by atoms with Crippen molar-refractivity contribution in [2.45, 2.75) is 24.7 Å². The van der Waals surface area contributed by atoms with Crippen LogP contribution in [0.4, 0.5) is 0 Å². The van der Waals surface area contributed by atoms with E-state index in [0.29, 0.717) is 6.54 Å². The topological polar surface area (TPSA) is 101 Å². The largest absolute Gasteiger partial charge is 0.478 e. The third-order valence-electron chi connectivity index (χ3n) is 2.69. The lowest BCUT2D eigenvalue weighted by atomic mass is 10.2. The summed E-state index contributed by atoms with van der Waals surface area (Å²) in [4.78, 5) is 22.1. The number of nitrogens with one attached hydrogen (secondary N) is 1. The maximum Gasteiger partial charge on any atom is 0.335 e. The summed E-state index contributed by atoms with van der Waals surface area (Å²) in [6, 6.07) is 3.34. The van der Waals surface area contributed by atoms with Gasteiger partial charge < -0.3 is 10.4 Å². The molecule has 1 rings (SSSR count). The second-order valence-electron chi connectivity index (χ2n) is 4.41. The zero-order valence-corrected chi connectivity index (χ0v) is 13.0. The summed E-state index contributed by atoms with van der Waals surface area (Å²) in [5.74, 6) is -2.67. The summed E-state index contributed by atoms with van der Waals surface area (Å²) in [6.07, 6.45) is 1.63. The quantitative estimate of drug-likeness (QED) is 0.740. The highest BCUT2D eigenvalue weighted by molar-refractivity contribution is 7.92. The fraction of sp³-hybridized carbons (Fsp3) is 0.385. The van der Waals surface area contributed by atoms with E-state index in [1.54, 1.807) is 0 Å². The Morgan fingerprint density at radius 1 is 1.33 bits per heavy atom. The lowest BCUT2D eigenvalue weighted by Gasteiger charge is -2.08. The number of amides is 1. The van der Waals surface area contributed by atoms with Crippen LogP contribution in [0.2, 0.25) is 5.02 Å². The van der Waals surface area contributed by atoms with Crippen molar-refractivity contribution in [3.63, 3.8) is 0 Å². The molecule has 0 aliphatic carbocycles. The molecule has 1 aromatic rings. The fourth-order valence-electron chi connectivity index (χ4n) is 1.58. The molecular formula is C13H16ClNO5S. The van der Waals surface area contributed by atoms with Crippen molar-refractivity contribution in [3.8, 4) is 0 Å². The van der Waals surface area contributed by atoms with Crippen LogP contribution >= 0.6 is 11.6 Å². The van der Waals surface area contributed by atoms with Gasteiger partial charge in [-0.25, -0.2) is 13.2 Å². The molecule has 0 unspecified atom stereocenters. The van der Waals surface area contributed by atoms with Crippen LogP contribution < -0.4 is 5.32 Å². The minimum Gasteiger partial charge on any atom is -0.478 e. The van der Waals surface area contributed by atoms with Gasteiger partial charge in [-0.05, 0) is 24.6 Å². The van der Waals surface area contributed by atoms with E-state index in [9.17, 15) is 18.0 Å². The minimum absolute atomic E-state index is 0.110. The molecule has 0 bridgehead atoms. The molecular weight excluding hydrogens is 318 g/mol. The molecule has 6 nitrogen and oxygen atoms in total. The van der Waals surface area contributed by atoms with Gasteiger partial charge in [0.05, 0.1) is 15.5 Å². The normalized spacial score (nSPS) is 11.1. The van der Waals surface area contributed by atoms with Crippen molar-refractivity contribution in [1.29, 1.82) is 0 Å². The predicted molar refractivity (Wildman–Crippen MR) is 78.4 cm³/mol. The Morgan fingerprint density at radius 3 is 2.57 bits per heavy atom. The lowest BCUT2D eigenvalue weighted by molar-refractivity contribution is -0.118. The van der Waals surface area contributed by atoms with Gasteiger partial charge >= 0.3 is 5.97 Å². The van der Waals surface area contributed by atoms with Crippen molar-refractivity contribution in [2.75, 3.05) is 12.3 Å². The van der Waals surface area contributed by atoms with Gasteiger partial charge in [-0.1, -0.05) is 24.9 Å². The van der Waals surface area contributed by atoms with Crippen molar-refractivity contribution < 1.29 is 23.1 Å². The molecule has 0 saturated heterocycles. The molecule has 0 aliphatic rings. The van der Waals surface area contributed by atoms with Crippen LogP contribution in [0.1, 0.15) is 30.1 Å². The molecule has 0 saturated carbocycles. The van der Waals surface area contributed by atoms with E-state index in [-0.39, 0.29) is 15.5 Å². The molecule has 0 heterocycles. The third kappa shape index (κ3) is 5.02. The summed E-state index contributed by atoms with van der Waals surface area (Å²) in [7, 11) is -3.99.